The summed E-state index contributed by atoms with van der Waals surface area (Å²) in [6.07, 6.45) is 7.52. The van der Waals surface area contributed by atoms with Crippen molar-refractivity contribution in [2.24, 2.45) is 0 Å². The quantitative estimate of drug-likeness (QED) is 0.850. The summed E-state index contributed by atoms with van der Waals surface area (Å²) in [6.45, 7) is 6.28. The lowest BCUT2D eigenvalue weighted by Crippen LogP contribution is -2.65. The third kappa shape index (κ3) is 3.70. The summed E-state index contributed by atoms with van der Waals surface area (Å²) in [5.41, 5.74) is 0.261. The van der Waals surface area contributed by atoms with E-state index in [9.17, 15) is 8.42 Å². The third-order valence-corrected chi connectivity index (χ3v) is 5.90. The average molecular weight is 288 g/mol. The first-order valence-electron chi connectivity index (χ1n) is 7.54. The largest absolute Gasteiger partial charge is 0.308 e. The van der Waals surface area contributed by atoms with Crippen molar-refractivity contribution >= 4 is 9.84 Å². The molecule has 1 N–H and O–H groups in total. The minimum Gasteiger partial charge on any atom is -0.308 e. The van der Waals surface area contributed by atoms with E-state index >= 15 is 0 Å². The average Bonchev–Trinajstić information content (AvgIpc) is 2.75. The Morgan fingerprint density at radius 1 is 1.37 bits per heavy atom. The van der Waals surface area contributed by atoms with Gasteiger partial charge in [0.2, 0.25) is 0 Å². The fraction of sp³-hybridized carbons (Fsp3) is 1.00. The van der Waals surface area contributed by atoms with Crippen molar-refractivity contribution in [1.29, 1.82) is 0 Å². The van der Waals surface area contributed by atoms with Gasteiger partial charge in [-0.3, -0.25) is 4.90 Å². The topological polar surface area (TPSA) is 49.4 Å². The van der Waals surface area contributed by atoms with E-state index in [0.29, 0.717) is 6.04 Å². The highest BCUT2D eigenvalue weighted by atomic mass is 32.2. The van der Waals surface area contributed by atoms with Gasteiger partial charge < -0.3 is 5.32 Å². The van der Waals surface area contributed by atoms with Gasteiger partial charge in [0, 0.05) is 37.0 Å². The molecule has 19 heavy (non-hydrogen) atoms. The van der Waals surface area contributed by atoms with Crippen molar-refractivity contribution < 1.29 is 8.42 Å². The predicted molar refractivity (Wildman–Crippen MR) is 79.2 cm³/mol. The molecule has 112 valence electrons. The summed E-state index contributed by atoms with van der Waals surface area (Å²) in [4.78, 5) is 2.45. The van der Waals surface area contributed by atoms with E-state index in [1.54, 1.807) is 0 Å². The van der Waals surface area contributed by atoms with Crippen molar-refractivity contribution in [3.63, 3.8) is 0 Å². The van der Waals surface area contributed by atoms with Gasteiger partial charge in [-0.2, -0.15) is 0 Å². The number of sulfone groups is 1. The van der Waals surface area contributed by atoms with E-state index in [-0.39, 0.29) is 17.3 Å². The van der Waals surface area contributed by atoms with Crippen molar-refractivity contribution in [1.82, 2.24) is 10.2 Å². The van der Waals surface area contributed by atoms with Crippen molar-refractivity contribution in [2.45, 2.75) is 63.6 Å². The van der Waals surface area contributed by atoms with Crippen LogP contribution in [0.25, 0.3) is 0 Å². The first-order chi connectivity index (χ1) is 8.85. The molecule has 1 aliphatic carbocycles. The van der Waals surface area contributed by atoms with Gasteiger partial charge in [0.15, 0.2) is 0 Å². The number of rotatable bonds is 4. The second-order valence-electron chi connectivity index (χ2n) is 6.54. The number of hydrogen-bond donors (Lipinski definition) is 1. The minimum atomic E-state index is -2.90. The molecule has 0 aromatic carbocycles. The Morgan fingerprint density at radius 3 is 2.53 bits per heavy atom. The molecule has 2 aliphatic rings. The molecule has 2 rings (SSSR count). The molecular formula is C14H28N2O2S. The molecule has 5 heteroatoms. The lowest BCUT2D eigenvalue weighted by atomic mass is 9.91. The van der Waals surface area contributed by atoms with E-state index in [4.69, 9.17) is 0 Å². The minimum absolute atomic E-state index is 0.125. The summed E-state index contributed by atoms with van der Waals surface area (Å²) in [5.74, 6) is 0.277. The van der Waals surface area contributed by atoms with Gasteiger partial charge in [-0.25, -0.2) is 8.42 Å². The van der Waals surface area contributed by atoms with Crippen molar-refractivity contribution in [3.8, 4) is 0 Å². The maximum Gasteiger partial charge on any atom is 0.148 e. The molecule has 0 amide bonds. The second-order valence-corrected chi connectivity index (χ2v) is 8.73. The standard InChI is InChI=1S/C14H28N2O2S/c1-4-13-9-15-14(7-5-6-8-14)11-16(13)12(2)10-19(3,17)18/h12-13,15H,4-11H2,1-3H3. The molecule has 0 aromatic heterocycles. The fourth-order valence-corrected chi connectivity index (χ4v) is 4.87. The van der Waals surface area contributed by atoms with Crippen LogP contribution in [-0.4, -0.2) is 56.0 Å². The maximum absolute atomic E-state index is 11.5. The van der Waals surface area contributed by atoms with Crippen LogP contribution in [0.4, 0.5) is 0 Å². The number of nitrogens with one attached hydrogen (secondary N) is 1. The molecule has 2 atom stereocenters. The lowest BCUT2D eigenvalue weighted by Gasteiger charge is -2.48. The molecule has 1 aliphatic heterocycles. The zero-order chi connectivity index (χ0) is 14.1. The van der Waals surface area contributed by atoms with E-state index < -0.39 is 9.84 Å². The summed E-state index contributed by atoms with van der Waals surface area (Å²) >= 11 is 0. The Hall–Kier alpha value is -0.130. The SMILES string of the molecule is CCC1CNC2(CCCC2)CN1C(C)CS(C)(=O)=O. The van der Waals surface area contributed by atoms with Gasteiger partial charge in [-0.1, -0.05) is 19.8 Å². The van der Waals surface area contributed by atoms with Gasteiger partial charge >= 0.3 is 0 Å². The second kappa shape index (κ2) is 5.70. The number of hydrogen-bond acceptors (Lipinski definition) is 4. The van der Waals surface area contributed by atoms with Gasteiger partial charge in [0.05, 0.1) is 5.75 Å². The molecule has 1 spiro atoms. The smallest absolute Gasteiger partial charge is 0.148 e. The number of piperazine rings is 1. The van der Waals surface area contributed by atoms with Crippen LogP contribution in [0.15, 0.2) is 0 Å². The zero-order valence-corrected chi connectivity index (χ0v) is 13.3. The molecule has 2 unspecified atom stereocenters. The molecule has 1 saturated carbocycles. The van der Waals surface area contributed by atoms with E-state index in [1.807, 2.05) is 0 Å². The first-order valence-corrected chi connectivity index (χ1v) is 9.60. The molecule has 4 nitrogen and oxygen atoms in total. The summed E-state index contributed by atoms with van der Waals surface area (Å²) < 4.78 is 23.1. The fourth-order valence-electron chi connectivity index (χ4n) is 3.80. The maximum atomic E-state index is 11.5. The summed E-state index contributed by atoms with van der Waals surface area (Å²) in [6, 6.07) is 0.600. The monoisotopic (exact) mass is 288 g/mol. The van der Waals surface area contributed by atoms with Gasteiger partial charge in [0.25, 0.3) is 0 Å². The Bertz CT molecular complexity index is 402. The molecular weight excluding hydrogens is 260 g/mol. The highest BCUT2D eigenvalue weighted by Gasteiger charge is 2.42. The van der Waals surface area contributed by atoms with Crippen LogP contribution in [0.1, 0.15) is 46.0 Å². The van der Waals surface area contributed by atoms with Crippen molar-refractivity contribution in [3.05, 3.63) is 0 Å². The molecule has 0 radical (unpaired) electrons. The Balaban J connectivity index is 2.09. The first kappa shape index (κ1) is 15.3. The molecule has 0 aromatic rings. The molecule has 1 heterocycles. The number of nitrogens with zero attached hydrogens (tertiary/aromatic N) is 1. The van der Waals surface area contributed by atoms with E-state index in [0.717, 1.165) is 19.5 Å². The molecule has 1 saturated heterocycles. The molecule has 0 bridgehead atoms. The third-order valence-electron chi connectivity index (χ3n) is 4.81. The lowest BCUT2D eigenvalue weighted by molar-refractivity contribution is 0.0538. The van der Waals surface area contributed by atoms with Crippen LogP contribution in [0.2, 0.25) is 0 Å². The highest BCUT2D eigenvalue weighted by Crippen LogP contribution is 2.34. The van der Waals surface area contributed by atoms with Crippen LogP contribution < -0.4 is 5.32 Å². The van der Waals surface area contributed by atoms with Crippen LogP contribution in [-0.2, 0) is 9.84 Å². The van der Waals surface area contributed by atoms with Crippen LogP contribution in [0.3, 0.4) is 0 Å². The van der Waals surface area contributed by atoms with Crippen LogP contribution in [0, 0.1) is 0 Å². The predicted octanol–water partition coefficient (Wildman–Crippen LogP) is 1.42. The van der Waals surface area contributed by atoms with Gasteiger partial charge in [-0.15, -0.1) is 0 Å². The summed E-state index contributed by atoms with van der Waals surface area (Å²) in [5, 5.41) is 3.75. The van der Waals surface area contributed by atoms with Crippen LogP contribution in [0.5, 0.6) is 0 Å². The zero-order valence-electron chi connectivity index (χ0n) is 12.5. The van der Waals surface area contributed by atoms with Crippen molar-refractivity contribution in [2.75, 3.05) is 25.1 Å². The Morgan fingerprint density at radius 2 is 2.00 bits per heavy atom. The molecule has 2 fully saturated rings. The Kier molecular flexibility index (Phi) is 4.58. The normalized spacial score (nSPS) is 29.7. The Labute approximate surface area is 117 Å². The van der Waals surface area contributed by atoms with E-state index in [2.05, 4.69) is 24.1 Å². The van der Waals surface area contributed by atoms with Crippen LogP contribution >= 0.6 is 0 Å². The summed E-state index contributed by atoms with van der Waals surface area (Å²) in [7, 11) is -2.90. The van der Waals surface area contributed by atoms with E-state index in [1.165, 1.54) is 31.9 Å². The van der Waals surface area contributed by atoms with Gasteiger partial charge in [0.1, 0.15) is 9.84 Å². The van der Waals surface area contributed by atoms with Gasteiger partial charge in [-0.05, 0) is 26.2 Å². The highest BCUT2D eigenvalue weighted by molar-refractivity contribution is 7.90.